The number of para-hydroxylation sites is 2. The Kier molecular flexibility index (Phi) is 4.61. The Bertz CT molecular complexity index is 803. The summed E-state index contributed by atoms with van der Waals surface area (Å²) >= 11 is 0. The van der Waals surface area contributed by atoms with Gasteiger partial charge in [0.25, 0.3) is 11.8 Å². The van der Waals surface area contributed by atoms with Crippen molar-refractivity contribution in [1.29, 1.82) is 0 Å². The van der Waals surface area contributed by atoms with Gasteiger partial charge < -0.3 is 15.0 Å². The summed E-state index contributed by atoms with van der Waals surface area (Å²) in [4.78, 5) is 27.4. The standard InChI is InChI=1S/C21H22N2O3/c24-20(19-14-15-8-2-5-11-18(15)26-19)22-17-10-4-3-9-16(17)21(25)23-12-6-1-7-13-23/h2-5,8-11,19H,1,6-7,12-14H2,(H,22,24). The van der Waals surface area contributed by atoms with Crippen LogP contribution in [0.2, 0.25) is 0 Å². The summed E-state index contributed by atoms with van der Waals surface area (Å²) in [6.07, 6.45) is 3.22. The molecular formula is C21H22N2O3. The molecule has 1 saturated heterocycles. The molecule has 2 amide bonds. The van der Waals surface area contributed by atoms with Crippen molar-refractivity contribution in [2.75, 3.05) is 18.4 Å². The molecule has 0 aromatic heterocycles. The number of amides is 2. The van der Waals surface area contributed by atoms with Crippen molar-refractivity contribution in [3.63, 3.8) is 0 Å². The molecule has 0 aliphatic carbocycles. The molecule has 1 N–H and O–H groups in total. The number of fused-ring (bicyclic) bond motifs is 1. The van der Waals surface area contributed by atoms with Crippen LogP contribution in [0.5, 0.6) is 5.75 Å². The number of ether oxygens (including phenoxy) is 1. The molecule has 2 heterocycles. The predicted molar refractivity (Wildman–Crippen MR) is 99.4 cm³/mol. The summed E-state index contributed by atoms with van der Waals surface area (Å²) in [5.41, 5.74) is 2.12. The van der Waals surface area contributed by atoms with Crippen molar-refractivity contribution >= 4 is 17.5 Å². The van der Waals surface area contributed by atoms with Crippen molar-refractivity contribution in [2.45, 2.75) is 31.8 Å². The van der Waals surface area contributed by atoms with Gasteiger partial charge in [0.15, 0.2) is 6.10 Å². The van der Waals surface area contributed by atoms with E-state index in [1.165, 1.54) is 6.42 Å². The minimum absolute atomic E-state index is 0.0174. The van der Waals surface area contributed by atoms with Crippen LogP contribution >= 0.6 is 0 Å². The van der Waals surface area contributed by atoms with Gasteiger partial charge in [0.2, 0.25) is 0 Å². The number of hydrogen-bond acceptors (Lipinski definition) is 3. The number of likely N-dealkylation sites (tertiary alicyclic amines) is 1. The van der Waals surface area contributed by atoms with Crippen LogP contribution in [0.3, 0.4) is 0 Å². The fourth-order valence-electron chi connectivity index (χ4n) is 3.59. The van der Waals surface area contributed by atoms with Gasteiger partial charge in [0.1, 0.15) is 5.75 Å². The zero-order valence-electron chi connectivity index (χ0n) is 14.6. The Morgan fingerprint density at radius 2 is 1.69 bits per heavy atom. The lowest BCUT2D eigenvalue weighted by molar-refractivity contribution is -0.122. The second-order valence-electron chi connectivity index (χ2n) is 6.81. The zero-order valence-corrected chi connectivity index (χ0v) is 14.6. The lowest BCUT2D eigenvalue weighted by atomic mass is 10.1. The van der Waals surface area contributed by atoms with E-state index < -0.39 is 6.10 Å². The van der Waals surface area contributed by atoms with Crippen LogP contribution in [-0.2, 0) is 11.2 Å². The Labute approximate surface area is 153 Å². The molecule has 5 nitrogen and oxygen atoms in total. The summed E-state index contributed by atoms with van der Waals surface area (Å²) in [5.74, 6) is 0.515. The van der Waals surface area contributed by atoms with E-state index in [-0.39, 0.29) is 11.8 Å². The molecule has 0 spiro atoms. The molecule has 4 rings (SSSR count). The van der Waals surface area contributed by atoms with Gasteiger partial charge in [-0.1, -0.05) is 30.3 Å². The molecule has 1 unspecified atom stereocenters. The first-order valence-corrected chi connectivity index (χ1v) is 9.16. The number of benzene rings is 2. The second kappa shape index (κ2) is 7.20. The van der Waals surface area contributed by atoms with Gasteiger partial charge in [-0.15, -0.1) is 0 Å². The van der Waals surface area contributed by atoms with Crippen LogP contribution in [0.15, 0.2) is 48.5 Å². The van der Waals surface area contributed by atoms with Crippen LogP contribution in [0.1, 0.15) is 35.2 Å². The van der Waals surface area contributed by atoms with Gasteiger partial charge in [-0.05, 0) is 43.0 Å². The average Bonchev–Trinajstić information content (AvgIpc) is 3.13. The van der Waals surface area contributed by atoms with Gasteiger partial charge in [0.05, 0.1) is 11.3 Å². The van der Waals surface area contributed by atoms with Crippen molar-refractivity contribution in [2.24, 2.45) is 0 Å². The number of hydrogen-bond donors (Lipinski definition) is 1. The fraction of sp³-hybridized carbons (Fsp3) is 0.333. The molecular weight excluding hydrogens is 328 g/mol. The first-order chi connectivity index (χ1) is 12.7. The first kappa shape index (κ1) is 16.6. The molecule has 2 aromatic rings. The first-order valence-electron chi connectivity index (χ1n) is 9.16. The lowest BCUT2D eigenvalue weighted by Crippen LogP contribution is -2.37. The molecule has 26 heavy (non-hydrogen) atoms. The highest BCUT2D eigenvalue weighted by molar-refractivity contribution is 6.04. The van der Waals surface area contributed by atoms with Crippen LogP contribution < -0.4 is 10.1 Å². The predicted octanol–water partition coefficient (Wildman–Crippen LogP) is 3.25. The number of nitrogens with zero attached hydrogens (tertiary/aromatic N) is 1. The van der Waals surface area contributed by atoms with Gasteiger partial charge in [0, 0.05) is 19.5 Å². The molecule has 0 bridgehead atoms. The van der Waals surface area contributed by atoms with Crippen LogP contribution in [-0.4, -0.2) is 35.9 Å². The summed E-state index contributed by atoms with van der Waals surface area (Å²) in [6, 6.07) is 14.9. The zero-order chi connectivity index (χ0) is 17.9. The van der Waals surface area contributed by atoms with E-state index in [2.05, 4.69) is 5.32 Å². The number of piperidine rings is 1. The highest BCUT2D eigenvalue weighted by Crippen LogP contribution is 2.29. The van der Waals surface area contributed by atoms with Gasteiger partial charge in [-0.2, -0.15) is 0 Å². The third-order valence-corrected chi connectivity index (χ3v) is 5.00. The van der Waals surface area contributed by atoms with Crippen molar-refractivity contribution in [1.82, 2.24) is 4.90 Å². The van der Waals surface area contributed by atoms with E-state index in [1.54, 1.807) is 12.1 Å². The SMILES string of the molecule is O=C(Nc1ccccc1C(=O)N1CCCCC1)C1Cc2ccccc2O1. The third-order valence-electron chi connectivity index (χ3n) is 5.00. The third kappa shape index (κ3) is 3.29. The van der Waals surface area contributed by atoms with E-state index in [0.29, 0.717) is 17.7 Å². The summed E-state index contributed by atoms with van der Waals surface area (Å²) in [5, 5.41) is 2.90. The maximum Gasteiger partial charge on any atom is 0.265 e. The van der Waals surface area contributed by atoms with Crippen molar-refractivity contribution in [3.05, 3.63) is 59.7 Å². The molecule has 1 fully saturated rings. The number of carbonyl (C=O) groups excluding carboxylic acids is 2. The number of nitrogens with one attached hydrogen (secondary N) is 1. The second-order valence-corrected chi connectivity index (χ2v) is 6.81. The summed E-state index contributed by atoms with van der Waals surface area (Å²) in [7, 11) is 0. The Morgan fingerprint density at radius 3 is 2.50 bits per heavy atom. The molecule has 0 radical (unpaired) electrons. The fourth-order valence-corrected chi connectivity index (χ4v) is 3.59. The van der Waals surface area contributed by atoms with E-state index in [9.17, 15) is 9.59 Å². The van der Waals surface area contributed by atoms with E-state index in [1.807, 2.05) is 41.3 Å². The van der Waals surface area contributed by atoms with E-state index in [4.69, 9.17) is 4.74 Å². The summed E-state index contributed by atoms with van der Waals surface area (Å²) < 4.78 is 5.75. The number of carbonyl (C=O) groups is 2. The van der Waals surface area contributed by atoms with Crippen LogP contribution in [0.4, 0.5) is 5.69 Å². The van der Waals surface area contributed by atoms with Gasteiger partial charge >= 0.3 is 0 Å². The maximum atomic E-state index is 12.8. The van der Waals surface area contributed by atoms with E-state index >= 15 is 0 Å². The molecule has 2 aliphatic rings. The van der Waals surface area contributed by atoms with Gasteiger partial charge in [-0.25, -0.2) is 0 Å². The Morgan fingerprint density at radius 1 is 0.962 bits per heavy atom. The van der Waals surface area contributed by atoms with E-state index in [0.717, 1.165) is 37.2 Å². The van der Waals surface area contributed by atoms with Gasteiger partial charge in [-0.3, -0.25) is 9.59 Å². The highest BCUT2D eigenvalue weighted by atomic mass is 16.5. The Balaban J connectivity index is 1.48. The molecule has 2 aliphatic heterocycles. The monoisotopic (exact) mass is 350 g/mol. The normalized spacial score (nSPS) is 18.8. The molecule has 5 heteroatoms. The largest absolute Gasteiger partial charge is 0.480 e. The molecule has 1 atom stereocenters. The minimum atomic E-state index is -0.564. The molecule has 134 valence electrons. The molecule has 0 saturated carbocycles. The topological polar surface area (TPSA) is 58.6 Å². The lowest BCUT2D eigenvalue weighted by Gasteiger charge is -2.27. The summed E-state index contributed by atoms with van der Waals surface area (Å²) in [6.45, 7) is 1.56. The smallest absolute Gasteiger partial charge is 0.265 e. The number of rotatable bonds is 3. The quantitative estimate of drug-likeness (QED) is 0.924. The van der Waals surface area contributed by atoms with Crippen molar-refractivity contribution < 1.29 is 14.3 Å². The number of anilines is 1. The van der Waals surface area contributed by atoms with Crippen molar-refractivity contribution in [3.8, 4) is 5.75 Å². The minimum Gasteiger partial charge on any atom is -0.480 e. The average molecular weight is 350 g/mol. The van der Waals surface area contributed by atoms with Crippen LogP contribution in [0.25, 0.3) is 0 Å². The maximum absolute atomic E-state index is 12.8. The highest BCUT2D eigenvalue weighted by Gasteiger charge is 2.30. The molecule has 2 aromatic carbocycles. The Hall–Kier alpha value is -2.82. The van der Waals surface area contributed by atoms with Crippen LogP contribution in [0, 0.1) is 0 Å².